The zero-order chi connectivity index (χ0) is 30.3. The Morgan fingerprint density at radius 3 is 2.14 bits per heavy atom. The Labute approximate surface area is 253 Å². The summed E-state index contributed by atoms with van der Waals surface area (Å²) in [6.45, 7) is 2.86. The van der Waals surface area contributed by atoms with Crippen molar-refractivity contribution in [2.24, 2.45) is 0 Å². The summed E-state index contributed by atoms with van der Waals surface area (Å²) in [6, 6.07) is 25.8. The highest BCUT2D eigenvalue weighted by atomic mass is 16.5. The van der Waals surface area contributed by atoms with Crippen LogP contribution in [0.15, 0.2) is 78.9 Å². The number of piperidine rings is 1. The summed E-state index contributed by atoms with van der Waals surface area (Å²) in [7, 11) is 1.60. The van der Waals surface area contributed by atoms with Gasteiger partial charge in [-0.2, -0.15) is 0 Å². The van der Waals surface area contributed by atoms with Gasteiger partial charge in [-0.1, -0.05) is 42.5 Å². The van der Waals surface area contributed by atoms with Crippen molar-refractivity contribution in [1.29, 1.82) is 0 Å². The number of urea groups is 1. The molecule has 1 heterocycles. The first-order valence-electron chi connectivity index (χ1n) is 14.8. The van der Waals surface area contributed by atoms with Crippen LogP contribution in [0.1, 0.15) is 30.4 Å². The number of hydrogen-bond acceptors (Lipinski definition) is 6. The second-order valence-corrected chi connectivity index (χ2v) is 10.5. The Morgan fingerprint density at radius 1 is 0.884 bits per heavy atom. The molecule has 0 radical (unpaired) electrons. The van der Waals surface area contributed by atoms with Crippen LogP contribution in [0.5, 0.6) is 11.5 Å². The number of rotatable bonds is 15. The molecule has 0 saturated carbocycles. The summed E-state index contributed by atoms with van der Waals surface area (Å²) in [4.78, 5) is 25.4. The molecule has 230 valence electrons. The van der Waals surface area contributed by atoms with Crippen molar-refractivity contribution in [1.82, 2.24) is 15.5 Å². The molecule has 1 atom stereocenters. The van der Waals surface area contributed by atoms with E-state index in [1.807, 2.05) is 83.8 Å². The first-order chi connectivity index (χ1) is 21.0. The molecule has 3 aromatic rings. The van der Waals surface area contributed by atoms with E-state index in [-0.39, 0.29) is 12.1 Å². The number of para-hydroxylation sites is 1. The largest absolute Gasteiger partial charge is 0.493 e. The number of methoxy groups -OCH3 is 1. The van der Waals surface area contributed by atoms with Gasteiger partial charge in [0.25, 0.3) is 0 Å². The van der Waals surface area contributed by atoms with Gasteiger partial charge in [0.1, 0.15) is 17.7 Å². The number of anilines is 1. The minimum Gasteiger partial charge on any atom is -0.493 e. The van der Waals surface area contributed by atoms with E-state index in [4.69, 9.17) is 19.3 Å². The van der Waals surface area contributed by atoms with E-state index in [2.05, 4.69) is 16.0 Å². The van der Waals surface area contributed by atoms with Gasteiger partial charge in [0.2, 0.25) is 0 Å². The molecular weight excluding hydrogens is 548 g/mol. The monoisotopic (exact) mass is 590 g/mol. The summed E-state index contributed by atoms with van der Waals surface area (Å²) in [6.07, 6.45) is 2.22. The number of amides is 3. The highest BCUT2D eigenvalue weighted by Crippen LogP contribution is 2.19. The molecule has 0 bridgehead atoms. The summed E-state index contributed by atoms with van der Waals surface area (Å²) < 4.78 is 17.1. The number of hydrogen-bond donors (Lipinski definition) is 4. The molecule has 1 unspecified atom stereocenters. The zero-order valence-electron chi connectivity index (χ0n) is 24.7. The molecule has 1 saturated heterocycles. The fourth-order valence-electron chi connectivity index (χ4n) is 4.86. The maximum Gasteiger partial charge on any atom is 0.404 e. The average Bonchev–Trinajstić information content (AvgIpc) is 3.03. The summed E-state index contributed by atoms with van der Waals surface area (Å²) >= 11 is 0. The van der Waals surface area contributed by atoms with Gasteiger partial charge in [0.15, 0.2) is 0 Å². The first-order valence-corrected chi connectivity index (χ1v) is 14.8. The fourth-order valence-corrected chi connectivity index (χ4v) is 4.86. The van der Waals surface area contributed by atoms with Crippen molar-refractivity contribution in [3.63, 3.8) is 0 Å². The predicted octanol–water partition coefficient (Wildman–Crippen LogP) is 5.15. The van der Waals surface area contributed by atoms with Gasteiger partial charge in [0, 0.05) is 51.3 Å². The van der Waals surface area contributed by atoms with Crippen molar-refractivity contribution in [3.8, 4) is 11.5 Å². The third-order valence-electron chi connectivity index (χ3n) is 7.28. The van der Waals surface area contributed by atoms with Gasteiger partial charge in [-0.3, -0.25) is 0 Å². The molecule has 1 aliphatic heterocycles. The van der Waals surface area contributed by atoms with E-state index in [0.717, 1.165) is 47.6 Å². The zero-order valence-corrected chi connectivity index (χ0v) is 24.7. The highest BCUT2D eigenvalue weighted by Gasteiger charge is 2.24. The quantitative estimate of drug-likeness (QED) is 0.143. The maximum absolute atomic E-state index is 12.9. The lowest BCUT2D eigenvalue weighted by Crippen LogP contribution is -2.50. The second-order valence-electron chi connectivity index (χ2n) is 10.5. The Kier molecular flexibility index (Phi) is 12.4. The van der Waals surface area contributed by atoms with Crippen molar-refractivity contribution >= 4 is 17.8 Å². The second kappa shape index (κ2) is 16.9. The van der Waals surface area contributed by atoms with Crippen LogP contribution in [-0.2, 0) is 17.6 Å². The van der Waals surface area contributed by atoms with Gasteiger partial charge >= 0.3 is 12.1 Å². The smallest absolute Gasteiger partial charge is 0.404 e. The Morgan fingerprint density at radius 2 is 1.51 bits per heavy atom. The molecular formula is C33H42N4O6. The van der Waals surface area contributed by atoms with Gasteiger partial charge in [-0.15, -0.1) is 0 Å². The number of ether oxygens (including phenoxy) is 3. The van der Waals surface area contributed by atoms with Gasteiger partial charge in [-0.05, 0) is 66.8 Å². The molecule has 0 spiro atoms. The van der Waals surface area contributed by atoms with Crippen LogP contribution in [0, 0.1) is 0 Å². The molecule has 4 N–H and O–H groups in total. The normalized spacial score (nSPS) is 14.0. The molecule has 10 nitrogen and oxygen atoms in total. The number of likely N-dealkylation sites (tertiary alicyclic amines) is 1. The van der Waals surface area contributed by atoms with Gasteiger partial charge in [-0.25, -0.2) is 9.59 Å². The van der Waals surface area contributed by atoms with Crippen LogP contribution in [0.2, 0.25) is 0 Å². The number of carbonyl (C=O) groups is 2. The van der Waals surface area contributed by atoms with Crippen LogP contribution in [-0.4, -0.2) is 74.4 Å². The minimum atomic E-state index is -1.01. The van der Waals surface area contributed by atoms with Crippen LogP contribution in [0.25, 0.3) is 0 Å². The molecule has 0 aromatic heterocycles. The molecule has 1 aliphatic rings. The SMILES string of the molecule is COC(Cc1ccc(OCCCOc2ccccc2)cc1)NC(=O)N1CCC(Nc2ccc(CCNC(=O)O)cc2)CC1. The topological polar surface area (TPSA) is 121 Å². The summed E-state index contributed by atoms with van der Waals surface area (Å²) in [5.74, 6) is 1.65. The van der Waals surface area contributed by atoms with Crippen molar-refractivity contribution < 1.29 is 28.9 Å². The number of nitrogens with one attached hydrogen (secondary N) is 3. The number of benzene rings is 3. The summed E-state index contributed by atoms with van der Waals surface area (Å²) in [5, 5.41) is 17.6. The maximum atomic E-state index is 12.9. The molecule has 0 aliphatic carbocycles. The van der Waals surface area contributed by atoms with E-state index in [1.165, 1.54) is 0 Å². The van der Waals surface area contributed by atoms with Crippen LogP contribution < -0.4 is 25.4 Å². The van der Waals surface area contributed by atoms with E-state index in [9.17, 15) is 9.59 Å². The third kappa shape index (κ3) is 11.1. The lowest BCUT2D eigenvalue weighted by molar-refractivity contribution is 0.0730. The van der Waals surface area contributed by atoms with Crippen LogP contribution >= 0.6 is 0 Å². The molecule has 1 fully saturated rings. The average molecular weight is 591 g/mol. The number of carboxylic acid groups (broad SMARTS) is 1. The van der Waals surface area contributed by atoms with Crippen LogP contribution in [0.3, 0.4) is 0 Å². The lowest BCUT2D eigenvalue weighted by atomic mass is 10.0. The van der Waals surface area contributed by atoms with Crippen LogP contribution in [0.4, 0.5) is 15.3 Å². The molecule has 10 heteroatoms. The Bertz CT molecular complexity index is 1250. The first kappa shape index (κ1) is 31.5. The van der Waals surface area contributed by atoms with E-state index in [1.54, 1.807) is 7.11 Å². The van der Waals surface area contributed by atoms with Crippen molar-refractivity contribution in [3.05, 3.63) is 90.0 Å². The third-order valence-corrected chi connectivity index (χ3v) is 7.28. The van der Waals surface area contributed by atoms with E-state index < -0.39 is 12.3 Å². The summed E-state index contributed by atoms with van der Waals surface area (Å²) in [5.41, 5.74) is 3.13. The Balaban J connectivity index is 1.12. The van der Waals surface area contributed by atoms with Crippen molar-refractivity contribution in [2.75, 3.05) is 45.3 Å². The highest BCUT2D eigenvalue weighted by molar-refractivity contribution is 5.74. The van der Waals surface area contributed by atoms with E-state index >= 15 is 0 Å². The molecule has 3 aromatic carbocycles. The molecule has 3 amide bonds. The predicted molar refractivity (Wildman–Crippen MR) is 166 cm³/mol. The lowest BCUT2D eigenvalue weighted by Gasteiger charge is -2.34. The van der Waals surface area contributed by atoms with Gasteiger partial charge in [0.05, 0.1) is 13.2 Å². The minimum absolute atomic E-state index is 0.123. The number of nitrogens with zero attached hydrogens (tertiary/aromatic N) is 1. The Hall–Kier alpha value is -4.44. The standard InChI is InChI=1S/C33H42N4O6/c1-41-31(24-26-10-14-30(15-11-26)43-23-5-22-42-29-6-3-2-4-7-29)36-32(38)37-20-17-28(18-21-37)35-27-12-8-25(9-13-27)16-19-34-33(39)40/h2-4,6-15,28,31,34-35H,5,16-24H2,1H3,(H,36,38)(H,39,40). The molecule has 4 rings (SSSR count). The number of carbonyl (C=O) groups excluding carboxylic acids is 1. The van der Waals surface area contributed by atoms with Crippen molar-refractivity contribution in [2.45, 2.75) is 44.4 Å². The van der Waals surface area contributed by atoms with Gasteiger partial charge < -0.3 is 40.2 Å². The molecule has 43 heavy (non-hydrogen) atoms. The van der Waals surface area contributed by atoms with E-state index in [0.29, 0.717) is 45.7 Å². The fraction of sp³-hybridized carbons (Fsp3) is 0.394.